The van der Waals surface area contributed by atoms with Crippen LogP contribution in [0.5, 0.6) is 0 Å². The predicted molar refractivity (Wildman–Crippen MR) is 102 cm³/mol. The van der Waals surface area contributed by atoms with Crippen LogP contribution in [0.1, 0.15) is 46.0 Å². The van der Waals surface area contributed by atoms with Gasteiger partial charge in [-0.05, 0) is 18.4 Å². The summed E-state index contributed by atoms with van der Waals surface area (Å²) in [5.41, 5.74) is 0.887. The number of carboxylic acid groups (broad SMARTS) is 1. The highest BCUT2D eigenvalue weighted by molar-refractivity contribution is 8.04. The number of unbranched alkanes of at least 4 members (excludes halogenated alkanes) is 1. The number of imide groups is 1. The molecule has 8 heteroatoms. The Hall–Kier alpha value is -1.96. The minimum absolute atomic E-state index is 0.351. The van der Waals surface area contributed by atoms with E-state index < -0.39 is 23.2 Å². The van der Waals surface area contributed by atoms with Crippen LogP contribution in [0.3, 0.4) is 0 Å². The van der Waals surface area contributed by atoms with E-state index >= 15 is 0 Å². The van der Waals surface area contributed by atoms with Crippen molar-refractivity contribution in [2.45, 2.75) is 51.2 Å². The first kappa shape index (κ1) is 20.4. The van der Waals surface area contributed by atoms with Crippen LogP contribution < -0.4 is 0 Å². The molecule has 2 aliphatic rings. The van der Waals surface area contributed by atoms with E-state index in [2.05, 4.69) is 4.99 Å². The molecule has 3 amide bonds. The smallest absolute Gasteiger partial charge is 0.445 e. The molecule has 2 rings (SSSR count). The second-order valence-corrected chi connectivity index (χ2v) is 7.76. The molecule has 0 radical (unpaired) electrons. The van der Waals surface area contributed by atoms with Crippen LogP contribution in [0.15, 0.2) is 15.5 Å². The van der Waals surface area contributed by atoms with Gasteiger partial charge in [-0.2, -0.15) is 9.48 Å². The lowest BCUT2D eigenvalue weighted by molar-refractivity contribution is -0.407. The summed E-state index contributed by atoms with van der Waals surface area (Å²) in [6, 6.07) is -0.428. The lowest BCUT2D eigenvalue weighted by atomic mass is 9.96. The van der Waals surface area contributed by atoms with Gasteiger partial charge in [-0.3, -0.25) is 9.59 Å². The van der Waals surface area contributed by atoms with Crippen molar-refractivity contribution in [3.05, 3.63) is 10.5 Å². The Morgan fingerprint density at radius 2 is 2.08 bits per heavy atom. The van der Waals surface area contributed by atoms with E-state index in [1.54, 1.807) is 13.3 Å². The minimum Gasteiger partial charge on any atom is -0.480 e. The zero-order valence-electron chi connectivity index (χ0n) is 15.7. The van der Waals surface area contributed by atoms with Crippen molar-refractivity contribution in [2.75, 3.05) is 14.1 Å². The maximum atomic E-state index is 12.8. The number of hydrogen-bond donors (Lipinski definition) is 1. The van der Waals surface area contributed by atoms with Gasteiger partial charge in [-0.25, -0.2) is 4.79 Å². The average molecular weight is 380 g/mol. The van der Waals surface area contributed by atoms with E-state index in [-0.39, 0.29) is 5.91 Å². The SMILES string of the molecule is CCCCC(SC1=C(CCC)C=NC2=[N+](C)C(=O)N(C)C(=O)C12)C(=O)O. The Balaban J connectivity index is 2.49. The number of hydrogen-bond acceptors (Lipinski definition) is 5. The second-order valence-electron chi connectivity index (χ2n) is 6.51. The van der Waals surface area contributed by atoms with Crippen LogP contribution in [-0.4, -0.2) is 63.9 Å². The molecule has 2 unspecified atom stereocenters. The van der Waals surface area contributed by atoms with E-state index in [0.29, 0.717) is 18.7 Å². The number of urea groups is 1. The Kier molecular flexibility index (Phi) is 6.75. The fraction of sp³-hybridized carbons (Fsp3) is 0.611. The topological polar surface area (TPSA) is 90.0 Å². The fourth-order valence-electron chi connectivity index (χ4n) is 3.08. The standard InChI is InChI=1S/C18H25N3O4S/c1-5-7-9-12(17(23)24)26-14-11(8-6-2)10-19-15-13(14)16(22)21(4)18(25)20(15)3/h10,12-13H,5-9H2,1-4H3/p+1. The summed E-state index contributed by atoms with van der Waals surface area (Å²) in [6.07, 6.45) is 5.51. The molecule has 0 saturated carbocycles. The Morgan fingerprint density at radius 1 is 1.38 bits per heavy atom. The van der Waals surface area contributed by atoms with Gasteiger partial charge < -0.3 is 5.11 Å². The Bertz CT molecular complexity index is 711. The van der Waals surface area contributed by atoms with Crippen molar-refractivity contribution in [2.24, 2.45) is 10.9 Å². The molecule has 142 valence electrons. The highest BCUT2D eigenvalue weighted by atomic mass is 32.2. The van der Waals surface area contributed by atoms with Crippen LogP contribution in [-0.2, 0) is 9.59 Å². The summed E-state index contributed by atoms with van der Waals surface area (Å²) >= 11 is 1.24. The van der Waals surface area contributed by atoms with Crippen LogP contribution in [0.2, 0.25) is 0 Å². The number of carboxylic acids is 1. The second kappa shape index (κ2) is 8.62. The molecular formula is C18H26N3O4S+. The van der Waals surface area contributed by atoms with E-state index in [1.165, 1.54) is 23.4 Å². The molecule has 26 heavy (non-hydrogen) atoms. The fourth-order valence-corrected chi connectivity index (χ4v) is 4.42. The number of amidine groups is 1. The number of aliphatic carboxylic acids is 1. The van der Waals surface area contributed by atoms with Crippen molar-refractivity contribution < 1.29 is 24.1 Å². The van der Waals surface area contributed by atoms with Crippen molar-refractivity contribution in [1.29, 1.82) is 0 Å². The molecule has 7 nitrogen and oxygen atoms in total. The van der Waals surface area contributed by atoms with Gasteiger partial charge in [-0.1, -0.05) is 33.1 Å². The molecule has 0 spiro atoms. The quantitative estimate of drug-likeness (QED) is 0.654. The first-order valence-electron chi connectivity index (χ1n) is 8.92. The molecule has 0 aromatic rings. The van der Waals surface area contributed by atoms with Crippen molar-refractivity contribution in [3.8, 4) is 0 Å². The molecule has 0 aromatic heterocycles. The minimum atomic E-state index is -0.878. The third-order valence-corrected chi connectivity index (χ3v) is 6.04. The number of amides is 3. The molecule has 0 aliphatic carbocycles. The number of carbonyl (C=O) groups excluding carboxylic acids is 2. The van der Waals surface area contributed by atoms with Crippen LogP contribution >= 0.6 is 11.8 Å². The maximum Gasteiger partial charge on any atom is 0.445 e. The lowest BCUT2D eigenvalue weighted by Gasteiger charge is -2.29. The van der Waals surface area contributed by atoms with E-state index in [0.717, 1.165) is 34.6 Å². The number of dihydropyridines is 1. The van der Waals surface area contributed by atoms with Crippen LogP contribution in [0, 0.1) is 5.92 Å². The van der Waals surface area contributed by atoms with Gasteiger partial charge in [0.2, 0.25) is 0 Å². The van der Waals surface area contributed by atoms with Gasteiger partial charge in [-0.15, -0.1) is 16.8 Å². The summed E-state index contributed by atoms with van der Waals surface area (Å²) in [5, 5.41) is 8.99. The number of carbonyl (C=O) groups is 3. The van der Waals surface area contributed by atoms with Gasteiger partial charge in [0.05, 0.1) is 14.1 Å². The number of allylic oxidation sites excluding steroid dienone is 1. The highest BCUT2D eigenvalue weighted by Crippen LogP contribution is 2.39. The number of aliphatic imine (C=N–C) groups is 1. The van der Waals surface area contributed by atoms with Gasteiger partial charge in [0.1, 0.15) is 11.5 Å². The zero-order valence-corrected chi connectivity index (χ0v) is 16.5. The molecule has 2 aliphatic heterocycles. The van der Waals surface area contributed by atoms with E-state index in [4.69, 9.17) is 0 Å². The zero-order chi connectivity index (χ0) is 19.4. The van der Waals surface area contributed by atoms with Gasteiger partial charge in [0.15, 0.2) is 5.92 Å². The number of nitrogens with zero attached hydrogens (tertiary/aromatic N) is 3. The summed E-state index contributed by atoms with van der Waals surface area (Å²) in [5.74, 6) is -1.56. The van der Waals surface area contributed by atoms with Gasteiger partial charge in [0, 0.05) is 4.91 Å². The number of thioether (sulfide) groups is 1. The Labute approximate surface area is 157 Å². The predicted octanol–water partition coefficient (Wildman–Crippen LogP) is 2.75. The number of rotatable bonds is 8. The lowest BCUT2D eigenvalue weighted by Crippen LogP contribution is -2.53. The molecule has 2 heterocycles. The normalized spacial score (nSPS) is 21.4. The molecule has 0 bridgehead atoms. The monoisotopic (exact) mass is 380 g/mol. The molecule has 0 saturated heterocycles. The number of fused-ring (bicyclic) bond motifs is 1. The van der Waals surface area contributed by atoms with Crippen molar-refractivity contribution >= 4 is 41.7 Å². The average Bonchev–Trinajstić information content (AvgIpc) is 2.62. The molecule has 0 aromatic carbocycles. The van der Waals surface area contributed by atoms with Crippen LogP contribution in [0.25, 0.3) is 0 Å². The summed E-state index contributed by atoms with van der Waals surface area (Å²) in [6.45, 7) is 4.04. The van der Waals surface area contributed by atoms with E-state index in [1.807, 2.05) is 13.8 Å². The molecule has 2 atom stereocenters. The molecular weight excluding hydrogens is 354 g/mol. The first-order valence-corrected chi connectivity index (χ1v) is 9.80. The summed E-state index contributed by atoms with van der Waals surface area (Å²) in [4.78, 5) is 42.9. The van der Waals surface area contributed by atoms with Gasteiger partial charge >= 0.3 is 17.9 Å². The summed E-state index contributed by atoms with van der Waals surface area (Å²) in [7, 11) is 3.04. The maximum absolute atomic E-state index is 12.8. The highest BCUT2D eigenvalue weighted by Gasteiger charge is 2.48. The Morgan fingerprint density at radius 3 is 2.65 bits per heavy atom. The third kappa shape index (κ3) is 3.90. The summed E-state index contributed by atoms with van der Waals surface area (Å²) < 4.78 is 1.37. The van der Waals surface area contributed by atoms with Crippen molar-refractivity contribution in [1.82, 2.24) is 4.90 Å². The van der Waals surface area contributed by atoms with Gasteiger partial charge in [0.25, 0.3) is 5.84 Å². The largest absolute Gasteiger partial charge is 0.480 e. The molecule has 1 N–H and O–H groups in total. The first-order chi connectivity index (χ1) is 12.3. The van der Waals surface area contributed by atoms with Crippen molar-refractivity contribution in [3.63, 3.8) is 0 Å². The van der Waals surface area contributed by atoms with E-state index in [9.17, 15) is 19.5 Å². The third-order valence-electron chi connectivity index (χ3n) is 4.57. The molecule has 0 fully saturated rings. The van der Waals surface area contributed by atoms with Crippen LogP contribution in [0.4, 0.5) is 4.79 Å².